The van der Waals surface area contributed by atoms with Gasteiger partial charge in [-0.05, 0) is 32.1 Å². The van der Waals surface area contributed by atoms with Crippen LogP contribution in [0.5, 0.6) is 0 Å². The number of rotatable bonds is 2. The van der Waals surface area contributed by atoms with Crippen LogP contribution in [-0.2, 0) is 14.3 Å². The van der Waals surface area contributed by atoms with E-state index < -0.39 is 5.79 Å². The topological polar surface area (TPSA) is 51.9 Å². The molecule has 5 heteroatoms. The van der Waals surface area contributed by atoms with E-state index in [1.54, 1.807) is 29.4 Å². The predicted molar refractivity (Wildman–Crippen MR) is 72.7 cm³/mol. The SMILES string of the molecule is CC1(C)OCC2(CO1)CN(C(=O)C=Cc1ccco1)C2. The molecule has 3 heterocycles. The monoisotopic (exact) mass is 277 g/mol. The van der Waals surface area contributed by atoms with E-state index in [0.29, 0.717) is 32.1 Å². The van der Waals surface area contributed by atoms with Crippen molar-refractivity contribution in [2.75, 3.05) is 26.3 Å². The molecule has 2 saturated heterocycles. The summed E-state index contributed by atoms with van der Waals surface area (Å²) < 4.78 is 16.5. The van der Waals surface area contributed by atoms with E-state index in [-0.39, 0.29) is 11.3 Å². The highest BCUT2D eigenvalue weighted by atomic mass is 16.7. The average Bonchev–Trinajstić information content (AvgIpc) is 2.87. The van der Waals surface area contributed by atoms with Crippen molar-refractivity contribution in [3.8, 4) is 0 Å². The fourth-order valence-electron chi connectivity index (χ4n) is 2.48. The minimum absolute atomic E-state index is 0.00291. The van der Waals surface area contributed by atoms with Crippen LogP contribution in [0.25, 0.3) is 6.08 Å². The molecule has 0 atom stereocenters. The van der Waals surface area contributed by atoms with E-state index in [0.717, 1.165) is 0 Å². The molecule has 1 spiro atoms. The molecule has 0 N–H and O–H groups in total. The molecule has 2 fully saturated rings. The first-order chi connectivity index (χ1) is 9.48. The molecule has 3 rings (SSSR count). The molecule has 0 saturated carbocycles. The molecule has 5 nitrogen and oxygen atoms in total. The van der Waals surface area contributed by atoms with E-state index >= 15 is 0 Å². The molecule has 0 aliphatic carbocycles. The zero-order valence-electron chi connectivity index (χ0n) is 11.8. The minimum Gasteiger partial charge on any atom is -0.465 e. The number of furan rings is 1. The molecule has 0 radical (unpaired) electrons. The lowest BCUT2D eigenvalue weighted by molar-refractivity contribution is -0.302. The van der Waals surface area contributed by atoms with Crippen LogP contribution < -0.4 is 0 Å². The Balaban J connectivity index is 1.52. The normalized spacial score (nSPS) is 24.0. The van der Waals surface area contributed by atoms with Gasteiger partial charge in [-0.3, -0.25) is 4.79 Å². The summed E-state index contributed by atoms with van der Waals surface area (Å²) in [6.07, 6.45) is 4.81. The molecule has 1 amide bonds. The number of hydrogen-bond donors (Lipinski definition) is 0. The van der Waals surface area contributed by atoms with Crippen molar-refractivity contribution in [1.29, 1.82) is 0 Å². The van der Waals surface area contributed by atoms with Crippen LogP contribution >= 0.6 is 0 Å². The van der Waals surface area contributed by atoms with Crippen LogP contribution in [0.2, 0.25) is 0 Å². The van der Waals surface area contributed by atoms with Crippen molar-refractivity contribution in [2.45, 2.75) is 19.6 Å². The smallest absolute Gasteiger partial charge is 0.246 e. The van der Waals surface area contributed by atoms with Gasteiger partial charge in [-0.25, -0.2) is 0 Å². The van der Waals surface area contributed by atoms with Gasteiger partial charge in [0.2, 0.25) is 5.91 Å². The standard InChI is InChI=1S/C15H19NO4/c1-14(2)19-10-15(11-20-14)8-16(9-15)13(17)6-5-12-4-3-7-18-12/h3-7H,8-11H2,1-2H3. The maximum atomic E-state index is 12.0. The Hall–Kier alpha value is -1.59. The summed E-state index contributed by atoms with van der Waals surface area (Å²) in [7, 11) is 0. The van der Waals surface area contributed by atoms with Crippen molar-refractivity contribution in [3.05, 3.63) is 30.2 Å². The molecule has 20 heavy (non-hydrogen) atoms. The van der Waals surface area contributed by atoms with E-state index in [2.05, 4.69) is 0 Å². The van der Waals surface area contributed by atoms with Crippen LogP contribution in [0, 0.1) is 5.41 Å². The molecule has 2 aliphatic rings. The fraction of sp³-hybridized carbons (Fsp3) is 0.533. The molecule has 1 aromatic rings. The van der Waals surface area contributed by atoms with Crippen LogP contribution in [-0.4, -0.2) is 42.9 Å². The Kier molecular flexibility index (Phi) is 3.18. The third-order valence-corrected chi connectivity index (χ3v) is 3.75. The van der Waals surface area contributed by atoms with Gasteiger partial charge in [0.15, 0.2) is 5.79 Å². The van der Waals surface area contributed by atoms with Gasteiger partial charge in [0.05, 0.1) is 24.9 Å². The molecular weight excluding hydrogens is 258 g/mol. The first-order valence-corrected chi connectivity index (χ1v) is 6.77. The molecule has 0 aromatic carbocycles. The van der Waals surface area contributed by atoms with Gasteiger partial charge in [0, 0.05) is 19.2 Å². The van der Waals surface area contributed by atoms with E-state index in [9.17, 15) is 4.79 Å². The number of ether oxygens (including phenoxy) is 2. The Bertz CT molecular complexity index is 500. The lowest BCUT2D eigenvalue weighted by atomic mass is 9.80. The average molecular weight is 277 g/mol. The number of likely N-dealkylation sites (tertiary alicyclic amines) is 1. The quantitative estimate of drug-likeness (QED) is 0.775. The van der Waals surface area contributed by atoms with Gasteiger partial charge < -0.3 is 18.8 Å². The van der Waals surface area contributed by atoms with Crippen LogP contribution in [0.15, 0.2) is 28.9 Å². The summed E-state index contributed by atoms with van der Waals surface area (Å²) in [5.41, 5.74) is -0.0241. The second-order valence-corrected chi connectivity index (χ2v) is 6.02. The van der Waals surface area contributed by atoms with Crippen molar-refractivity contribution in [2.24, 2.45) is 5.41 Å². The maximum absolute atomic E-state index is 12.0. The minimum atomic E-state index is -0.505. The van der Waals surface area contributed by atoms with Gasteiger partial charge in [-0.1, -0.05) is 0 Å². The summed E-state index contributed by atoms with van der Waals surface area (Å²) in [6.45, 7) is 6.48. The predicted octanol–water partition coefficient (Wildman–Crippen LogP) is 1.90. The maximum Gasteiger partial charge on any atom is 0.246 e. The highest BCUT2D eigenvalue weighted by Gasteiger charge is 2.49. The number of nitrogens with zero attached hydrogens (tertiary/aromatic N) is 1. The number of carbonyl (C=O) groups excluding carboxylic acids is 1. The molecular formula is C15H19NO4. The van der Waals surface area contributed by atoms with E-state index in [1.165, 1.54) is 0 Å². The lowest BCUT2D eigenvalue weighted by Gasteiger charge is -2.53. The first-order valence-electron chi connectivity index (χ1n) is 6.77. The highest BCUT2D eigenvalue weighted by molar-refractivity contribution is 5.92. The number of amides is 1. The first kappa shape index (κ1) is 13.4. The number of carbonyl (C=O) groups is 1. The summed E-state index contributed by atoms with van der Waals surface area (Å²) in [4.78, 5) is 13.8. The third kappa shape index (κ3) is 2.64. The van der Waals surface area contributed by atoms with Crippen molar-refractivity contribution < 1.29 is 18.7 Å². The fourth-order valence-corrected chi connectivity index (χ4v) is 2.48. The van der Waals surface area contributed by atoms with Gasteiger partial charge in [-0.2, -0.15) is 0 Å². The lowest BCUT2D eigenvalue weighted by Crippen LogP contribution is -2.65. The molecule has 108 valence electrons. The molecule has 0 bridgehead atoms. The van der Waals surface area contributed by atoms with Crippen molar-refractivity contribution >= 4 is 12.0 Å². The third-order valence-electron chi connectivity index (χ3n) is 3.75. The summed E-state index contributed by atoms with van der Waals surface area (Å²) in [6, 6.07) is 3.60. The second kappa shape index (κ2) is 4.75. The summed E-state index contributed by atoms with van der Waals surface area (Å²) in [5.74, 6) is 0.172. The molecule has 1 aromatic heterocycles. The van der Waals surface area contributed by atoms with Crippen molar-refractivity contribution in [3.63, 3.8) is 0 Å². The van der Waals surface area contributed by atoms with E-state index in [4.69, 9.17) is 13.9 Å². The van der Waals surface area contributed by atoms with Crippen LogP contribution in [0.4, 0.5) is 0 Å². The van der Waals surface area contributed by atoms with E-state index in [1.807, 2.05) is 19.9 Å². The Morgan fingerprint density at radius 3 is 2.60 bits per heavy atom. The largest absolute Gasteiger partial charge is 0.465 e. The zero-order valence-corrected chi connectivity index (χ0v) is 11.8. The van der Waals surface area contributed by atoms with Gasteiger partial charge in [-0.15, -0.1) is 0 Å². The van der Waals surface area contributed by atoms with Crippen LogP contribution in [0.3, 0.4) is 0 Å². The Morgan fingerprint density at radius 2 is 2.00 bits per heavy atom. The van der Waals surface area contributed by atoms with Gasteiger partial charge in [0.25, 0.3) is 0 Å². The molecule has 0 unspecified atom stereocenters. The van der Waals surface area contributed by atoms with Crippen LogP contribution in [0.1, 0.15) is 19.6 Å². The Morgan fingerprint density at radius 1 is 1.30 bits per heavy atom. The second-order valence-electron chi connectivity index (χ2n) is 6.02. The summed E-state index contributed by atoms with van der Waals surface area (Å²) in [5, 5.41) is 0. The molecule has 2 aliphatic heterocycles. The highest BCUT2D eigenvalue weighted by Crippen LogP contribution is 2.37. The van der Waals surface area contributed by atoms with Gasteiger partial charge in [0.1, 0.15) is 5.76 Å². The van der Waals surface area contributed by atoms with Crippen molar-refractivity contribution in [1.82, 2.24) is 4.90 Å². The summed E-state index contributed by atoms with van der Waals surface area (Å²) >= 11 is 0. The van der Waals surface area contributed by atoms with Gasteiger partial charge >= 0.3 is 0 Å². The number of hydrogen-bond acceptors (Lipinski definition) is 4. The zero-order chi connectivity index (χ0) is 14.2. The Labute approximate surface area is 118 Å².